The smallest absolute Gasteiger partial charge is 0.326 e. The third kappa shape index (κ3) is 7.94. The van der Waals surface area contributed by atoms with E-state index >= 15 is 0 Å². The lowest BCUT2D eigenvalue weighted by molar-refractivity contribution is -0.143. The summed E-state index contributed by atoms with van der Waals surface area (Å²) in [7, 11) is 0. The summed E-state index contributed by atoms with van der Waals surface area (Å²) in [6.07, 6.45) is 2.89. The van der Waals surface area contributed by atoms with Gasteiger partial charge < -0.3 is 21.5 Å². The third-order valence-electron chi connectivity index (χ3n) is 3.55. The zero-order chi connectivity index (χ0) is 18.0. The van der Waals surface area contributed by atoms with E-state index in [4.69, 9.17) is 5.73 Å². The second kappa shape index (κ2) is 11.6. The molecular formula is C14H27N3O4S2. The van der Waals surface area contributed by atoms with Crippen LogP contribution in [0.5, 0.6) is 0 Å². The van der Waals surface area contributed by atoms with E-state index in [-0.39, 0.29) is 11.7 Å². The van der Waals surface area contributed by atoms with E-state index in [2.05, 4.69) is 23.3 Å². The van der Waals surface area contributed by atoms with E-state index in [1.807, 2.05) is 13.2 Å². The van der Waals surface area contributed by atoms with Gasteiger partial charge in [-0.3, -0.25) is 9.59 Å². The number of thiol groups is 1. The zero-order valence-electron chi connectivity index (χ0n) is 13.7. The van der Waals surface area contributed by atoms with Gasteiger partial charge in [0.15, 0.2) is 0 Å². The largest absolute Gasteiger partial charge is 0.480 e. The maximum atomic E-state index is 12.4. The lowest BCUT2D eigenvalue weighted by Crippen LogP contribution is -2.56. The van der Waals surface area contributed by atoms with Crippen LogP contribution in [0.15, 0.2) is 0 Å². The number of amides is 2. The molecule has 0 rings (SSSR count). The molecule has 4 atom stereocenters. The van der Waals surface area contributed by atoms with Crippen LogP contribution in [0.2, 0.25) is 0 Å². The Balaban J connectivity index is 4.97. The van der Waals surface area contributed by atoms with E-state index in [9.17, 15) is 19.5 Å². The van der Waals surface area contributed by atoms with Gasteiger partial charge in [-0.25, -0.2) is 4.79 Å². The summed E-state index contributed by atoms with van der Waals surface area (Å²) < 4.78 is 0. The predicted molar refractivity (Wildman–Crippen MR) is 95.8 cm³/mol. The Labute approximate surface area is 146 Å². The van der Waals surface area contributed by atoms with Crippen molar-refractivity contribution in [3.05, 3.63) is 0 Å². The molecule has 0 radical (unpaired) electrons. The molecule has 23 heavy (non-hydrogen) atoms. The average Bonchev–Trinajstić information content (AvgIpc) is 2.53. The van der Waals surface area contributed by atoms with Crippen LogP contribution in [-0.4, -0.2) is 58.8 Å². The predicted octanol–water partition coefficient (Wildman–Crippen LogP) is 0.0969. The highest BCUT2D eigenvalue weighted by molar-refractivity contribution is 7.98. The van der Waals surface area contributed by atoms with Crippen LogP contribution in [0.1, 0.15) is 26.7 Å². The van der Waals surface area contributed by atoms with Crippen LogP contribution in [0.4, 0.5) is 0 Å². The summed E-state index contributed by atoms with van der Waals surface area (Å²) in [5.74, 6) is -1.48. The molecule has 5 N–H and O–H groups in total. The number of carboxylic acids is 1. The maximum absolute atomic E-state index is 12.4. The lowest BCUT2D eigenvalue weighted by Gasteiger charge is -2.25. The topological polar surface area (TPSA) is 122 Å². The number of hydrogen-bond donors (Lipinski definition) is 5. The Morgan fingerprint density at radius 2 is 1.87 bits per heavy atom. The molecule has 0 aromatic carbocycles. The van der Waals surface area contributed by atoms with Gasteiger partial charge in [-0.05, 0) is 24.3 Å². The number of carboxylic acid groups (broad SMARTS) is 1. The molecule has 0 aromatic rings. The van der Waals surface area contributed by atoms with Gasteiger partial charge >= 0.3 is 5.97 Å². The number of hydrogen-bond acceptors (Lipinski definition) is 6. The normalized spacial score (nSPS) is 16.0. The molecule has 0 bridgehead atoms. The Morgan fingerprint density at radius 3 is 2.30 bits per heavy atom. The van der Waals surface area contributed by atoms with Crippen molar-refractivity contribution >= 4 is 42.2 Å². The highest BCUT2D eigenvalue weighted by Crippen LogP contribution is 2.09. The van der Waals surface area contributed by atoms with Crippen LogP contribution in [0, 0.1) is 5.92 Å². The molecule has 0 aliphatic heterocycles. The molecule has 0 saturated heterocycles. The average molecular weight is 366 g/mol. The van der Waals surface area contributed by atoms with E-state index < -0.39 is 35.9 Å². The summed E-state index contributed by atoms with van der Waals surface area (Å²) in [4.78, 5) is 35.6. The second-order valence-electron chi connectivity index (χ2n) is 5.34. The zero-order valence-corrected chi connectivity index (χ0v) is 15.5. The first-order chi connectivity index (χ1) is 10.8. The Kier molecular flexibility index (Phi) is 11.1. The molecular weight excluding hydrogens is 338 g/mol. The van der Waals surface area contributed by atoms with Crippen molar-refractivity contribution in [2.75, 3.05) is 17.8 Å². The molecule has 134 valence electrons. The molecule has 2 amide bonds. The molecule has 0 aliphatic carbocycles. The van der Waals surface area contributed by atoms with Gasteiger partial charge in [0.25, 0.3) is 0 Å². The van der Waals surface area contributed by atoms with E-state index in [1.54, 1.807) is 6.92 Å². The highest BCUT2D eigenvalue weighted by Gasteiger charge is 2.29. The number of nitrogens with two attached hydrogens (primary N) is 1. The van der Waals surface area contributed by atoms with Crippen molar-refractivity contribution in [3.8, 4) is 0 Å². The number of aliphatic carboxylic acids is 1. The fraction of sp³-hybridized carbons (Fsp3) is 0.786. The minimum absolute atomic E-state index is 0.160. The van der Waals surface area contributed by atoms with Gasteiger partial charge in [-0.1, -0.05) is 20.3 Å². The monoisotopic (exact) mass is 365 g/mol. The standard InChI is InChI=1S/C14H27N3O4S2/c1-4-8(2)11(14(20)21)17-13(19)10(5-6-23-3)16-12(18)9(15)7-22/h8-11,22H,4-7,15H2,1-3H3,(H,16,18)(H,17,19)(H,20,21). The Bertz CT molecular complexity index is 409. The number of thioether (sulfide) groups is 1. The van der Waals surface area contributed by atoms with Crippen LogP contribution < -0.4 is 16.4 Å². The Hall–Kier alpha value is -0.930. The first-order valence-corrected chi connectivity index (χ1v) is 9.49. The number of rotatable bonds is 11. The van der Waals surface area contributed by atoms with Gasteiger partial charge in [-0.2, -0.15) is 24.4 Å². The molecule has 0 fully saturated rings. The summed E-state index contributed by atoms with van der Waals surface area (Å²) in [6, 6.07) is -2.61. The van der Waals surface area contributed by atoms with E-state index in [0.717, 1.165) is 0 Å². The van der Waals surface area contributed by atoms with Crippen molar-refractivity contribution in [1.82, 2.24) is 10.6 Å². The number of carbonyl (C=O) groups excluding carboxylic acids is 2. The van der Waals surface area contributed by atoms with Crippen LogP contribution in [0.3, 0.4) is 0 Å². The van der Waals surface area contributed by atoms with Crippen LogP contribution in [0.25, 0.3) is 0 Å². The lowest BCUT2D eigenvalue weighted by atomic mass is 9.98. The second-order valence-corrected chi connectivity index (χ2v) is 6.69. The Morgan fingerprint density at radius 1 is 1.26 bits per heavy atom. The maximum Gasteiger partial charge on any atom is 0.326 e. The summed E-state index contributed by atoms with van der Waals surface area (Å²) in [6.45, 7) is 3.61. The van der Waals surface area contributed by atoms with Gasteiger partial charge in [0.2, 0.25) is 11.8 Å². The van der Waals surface area contributed by atoms with E-state index in [0.29, 0.717) is 18.6 Å². The van der Waals surface area contributed by atoms with Crippen LogP contribution in [-0.2, 0) is 14.4 Å². The van der Waals surface area contributed by atoms with Crippen molar-refractivity contribution in [3.63, 3.8) is 0 Å². The SMILES string of the molecule is CCC(C)C(NC(=O)C(CCSC)NC(=O)C(N)CS)C(=O)O. The number of nitrogens with one attached hydrogen (secondary N) is 2. The molecule has 0 saturated carbocycles. The summed E-state index contributed by atoms with van der Waals surface area (Å²) >= 11 is 5.48. The molecule has 0 heterocycles. The molecule has 4 unspecified atom stereocenters. The van der Waals surface area contributed by atoms with Gasteiger partial charge in [0.05, 0.1) is 6.04 Å². The first-order valence-electron chi connectivity index (χ1n) is 7.47. The first kappa shape index (κ1) is 22.1. The number of carbonyl (C=O) groups is 3. The van der Waals surface area contributed by atoms with Gasteiger partial charge in [0.1, 0.15) is 12.1 Å². The summed E-state index contributed by atoms with van der Waals surface area (Å²) in [5, 5.41) is 14.3. The van der Waals surface area contributed by atoms with Gasteiger partial charge in [0, 0.05) is 5.75 Å². The molecule has 9 heteroatoms. The van der Waals surface area contributed by atoms with Crippen LogP contribution >= 0.6 is 24.4 Å². The van der Waals surface area contributed by atoms with E-state index in [1.165, 1.54) is 11.8 Å². The van der Waals surface area contributed by atoms with Crippen molar-refractivity contribution in [2.45, 2.75) is 44.8 Å². The molecule has 0 aromatic heterocycles. The minimum atomic E-state index is -1.09. The highest BCUT2D eigenvalue weighted by atomic mass is 32.2. The fourth-order valence-corrected chi connectivity index (χ4v) is 2.44. The van der Waals surface area contributed by atoms with Crippen molar-refractivity contribution in [1.29, 1.82) is 0 Å². The quantitative estimate of drug-likeness (QED) is 0.331. The third-order valence-corrected chi connectivity index (χ3v) is 4.59. The molecule has 7 nitrogen and oxygen atoms in total. The minimum Gasteiger partial charge on any atom is -0.480 e. The molecule has 0 aliphatic rings. The fourth-order valence-electron chi connectivity index (χ4n) is 1.80. The summed E-state index contributed by atoms with van der Waals surface area (Å²) in [5.41, 5.74) is 5.59. The van der Waals surface area contributed by atoms with Crippen molar-refractivity contribution in [2.24, 2.45) is 11.7 Å². The van der Waals surface area contributed by atoms with Crippen molar-refractivity contribution < 1.29 is 19.5 Å². The molecule has 0 spiro atoms. The van der Waals surface area contributed by atoms with Gasteiger partial charge in [-0.15, -0.1) is 0 Å².